The van der Waals surface area contributed by atoms with Gasteiger partial charge in [-0.3, -0.25) is 14.7 Å². The van der Waals surface area contributed by atoms with E-state index in [0.717, 1.165) is 16.2 Å². The third-order valence-electron chi connectivity index (χ3n) is 4.59. The van der Waals surface area contributed by atoms with Gasteiger partial charge in [0.2, 0.25) is 0 Å². The first-order valence-corrected chi connectivity index (χ1v) is 10.9. The SMILES string of the molecule is N#Cc1cc(/C=C/C2=C(C(=O)O)N3C(=O)C(N=C([O-])/C(=N\O)c4csc(N)n4)C3SC2)on1.[Na+]. The average molecular weight is 509 g/mol. The number of carbonyl (C=O) groups is 2. The molecule has 1 fully saturated rings. The van der Waals surface area contributed by atoms with Gasteiger partial charge in [-0.25, -0.2) is 9.78 Å². The van der Waals surface area contributed by atoms with Crippen LogP contribution in [0.3, 0.4) is 0 Å². The first kappa shape index (κ1) is 25.5. The fourth-order valence-electron chi connectivity index (χ4n) is 3.13. The molecule has 13 nitrogen and oxygen atoms in total. The maximum absolute atomic E-state index is 12.7. The summed E-state index contributed by atoms with van der Waals surface area (Å²) in [4.78, 5) is 33.3. The van der Waals surface area contributed by atoms with Gasteiger partial charge in [-0.15, -0.1) is 23.1 Å². The van der Waals surface area contributed by atoms with E-state index in [0.29, 0.717) is 5.57 Å². The van der Waals surface area contributed by atoms with Crippen molar-refractivity contribution in [1.82, 2.24) is 15.0 Å². The van der Waals surface area contributed by atoms with Gasteiger partial charge in [0.1, 0.15) is 28.5 Å². The fraction of sp³-hybridized carbons (Fsp3) is 0.167. The number of aliphatic imine (C=N–C) groups is 1. The number of thioether (sulfide) groups is 1. The van der Waals surface area contributed by atoms with Crippen LogP contribution in [0.15, 0.2) is 43.5 Å². The Kier molecular flexibility index (Phi) is 7.79. The zero-order chi connectivity index (χ0) is 23.7. The molecule has 0 saturated carbocycles. The number of allylic oxidation sites excluding steroid dienone is 1. The maximum Gasteiger partial charge on any atom is 1.00 e. The number of aromatic nitrogens is 2. The zero-order valence-electron chi connectivity index (χ0n) is 17.3. The first-order valence-electron chi connectivity index (χ1n) is 8.98. The predicted octanol–water partition coefficient (Wildman–Crippen LogP) is -3.14. The van der Waals surface area contributed by atoms with Crippen molar-refractivity contribution in [3.63, 3.8) is 0 Å². The molecule has 0 aromatic carbocycles. The van der Waals surface area contributed by atoms with E-state index in [1.807, 2.05) is 6.07 Å². The van der Waals surface area contributed by atoms with Gasteiger partial charge in [0, 0.05) is 23.1 Å². The number of hydrogen-bond donors (Lipinski definition) is 3. The number of thiazole rings is 1. The molecule has 2 aromatic rings. The van der Waals surface area contributed by atoms with Crippen molar-refractivity contribution in [3.8, 4) is 6.07 Å². The van der Waals surface area contributed by atoms with Gasteiger partial charge in [-0.2, -0.15) is 5.26 Å². The largest absolute Gasteiger partial charge is 1.00 e. The van der Waals surface area contributed by atoms with E-state index in [4.69, 9.17) is 15.5 Å². The quantitative estimate of drug-likeness (QED) is 0.0883. The summed E-state index contributed by atoms with van der Waals surface area (Å²) >= 11 is 2.24. The second-order valence-corrected chi connectivity index (χ2v) is 8.54. The monoisotopic (exact) mass is 509 g/mol. The van der Waals surface area contributed by atoms with Gasteiger partial charge in [-0.1, -0.05) is 16.4 Å². The van der Waals surface area contributed by atoms with E-state index < -0.39 is 34.9 Å². The van der Waals surface area contributed by atoms with Crippen LogP contribution in [0.2, 0.25) is 0 Å². The van der Waals surface area contributed by atoms with E-state index in [1.165, 1.54) is 35.4 Å². The van der Waals surface area contributed by atoms with Crippen LogP contribution in [0.4, 0.5) is 5.13 Å². The van der Waals surface area contributed by atoms with Gasteiger partial charge in [0.15, 0.2) is 22.6 Å². The van der Waals surface area contributed by atoms with Crippen LogP contribution in [0.25, 0.3) is 6.08 Å². The summed E-state index contributed by atoms with van der Waals surface area (Å²) in [6.07, 6.45) is 2.90. The summed E-state index contributed by atoms with van der Waals surface area (Å²) in [5, 5.41) is 47.4. The van der Waals surface area contributed by atoms with Crippen molar-refractivity contribution in [2.24, 2.45) is 10.1 Å². The topological polar surface area (TPSA) is 214 Å². The molecule has 0 bridgehead atoms. The molecule has 16 heteroatoms. The summed E-state index contributed by atoms with van der Waals surface area (Å²) in [5.41, 5.74) is 5.20. The second-order valence-electron chi connectivity index (χ2n) is 6.55. The molecular weight excluding hydrogens is 497 g/mol. The summed E-state index contributed by atoms with van der Waals surface area (Å²) in [6.45, 7) is 0. The van der Waals surface area contributed by atoms with E-state index in [1.54, 1.807) is 0 Å². The third-order valence-corrected chi connectivity index (χ3v) is 6.55. The molecule has 0 aliphatic carbocycles. The standard InChI is InChI=1S/C18H13N7O6S2.Na/c19-4-8-3-9(31-24-8)2-1-7-5-32-16-12(15(27)25(16)13(7)17(28)29)22-14(26)11(23-30)10-6-33-18(20)21-10;/h1-3,6,12,16,30H,5H2,(H2,20,21)(H,22,26)(H,28,29);/q;+1/p-1/b2-1+,23-11-;. The molecule has 2 unspecified atom stereocenters. The number of carboxylic acids is 1. The van der Waals surface area contributed by atoms with Crippen molar-refractivity contribution >= 4 is 57.8 Å². The number of nitrogens with two attached hydrogens (primary N) is 1. The Bertz CT molecular complexity index is 1310. The minimum atomic E-state index is -1.33. The molecular formula is C18H12N7NaO6S2. The number of oxime groups is 1. The van der Waals surface area contributed by atoms with Crippen molar-refractivity contribution < 1.29 is 59.1 Å². The first-order chi connectivity index (χ1) is 15.8. The van der Waals surface area contributed by atoms with Crippen LogP contribution >= 0.6 is 23.1 Å². The Morgan fingerprint density at radius 2 is 2.24 bits per heavy atom. The summed E-state index contributed by atoms with van der Waals surface area (Å²) in [7, 11) is 0. The van der Waals surface area contributed by atoms with Crippen LogP contribution in [-0.4, -0.2) is 66.0 Å². The number of anilines is 1. The van der Waals surface area contributed by atoms with Crippen LogP contribution in [0.5, 0.6) is 0 Å². The Morgan fingerprint density at radius 3 is 2.82 bits per heavy atom. The van der Waals surface area contributed by atoms with E-state index >= 15 is 0 Å². The number of nitriles is 1. The molecule has 2 aliphatic rings. The van der Waals surface area contributed by atoms with Crippen molar-refractivity contribution in [3.05, 3.63) is 45.9 Å². The molecule has 2 aromatic heterocycles. The zero-order valence-corrected chi connectivity index (χ0v) is 20.9. The van der Waals surface area contributed by atoms with Crippen LogP contribution < -0.4 is 40.4 Å². The average Bonchev–Trinajstić information content (AvgIpc) is 3.44. The predicted molar refractivity (Wildman–Crippen MR) is 114 cm³/mol. The molecule has 2 atom stereocenters. The summed E-state index contributed by atoms with van der Waals surface area (Å²) < 4.78 is 4.94. The smallest absolute Gasteiger partial charge is 0.857 e. The molecule has 0 spiro atoms. The number of nitrogen functional groups attached to an aromatic ring is 1. The van der Waals surface area contributed by atoms with E-state index in [9.17, 15) is 25.0 Å². The van der Waals surface area contributed by atoms with Gasteiger partial charge in [-0.05, 0) is 11.6 Å². The van der Waals surface area contributed by atoms with Gasteiger partial charge < -0.3 is 25.7 Å². The number of nitrogens with zero attached hydrogens (tertiary/aromatic N) is 6. The Balaban J connectivity index is 0.00000324. The summed E-state index contributed by atoms with van der Waals surface area (Å²) in [5.74, 6) is -2.56. The van der Waals surface area contributed by atoms with E-state index in [-0.39, 0.29) is 63.3 Å². The minimum absolute atomic E-state index is 0. The van der Waals surface area contributed by atoms with Crippen LogP contribution in [0.1, 0.15) is 17.1 Å². The van der Waals surface area contributed by atoms with Crippen molar-refractivity contribution in [2.45, 2.75) is 11.4 Å². The number of carboxylic acid groups (broad SMARTS) is 1. The number of hydrogen-bond acceptors (Lipinski definition) is 13. The number of rotatable bonds is 6. The maximum atomic E-state index is 12.7. The number of fused-ring (bicyclic) bond motifs is 1. The normalized spacial score (nSPS) is 20.6. The summed E-state index contributed by atoms with van der Waals surface area (Å²) in [6, 6.07) is 2.04. The molecule has 4 rings (SSSR count). The number of carbonyl (C=O) groups excluding carboxylic acids is 1. The van der Waals surface area contributed by atoms with E-state index in [2.05, 4.69) is 20.3 Å². The van der Waals surface area contributed by atoms with Crippen molar-refractivity contribution in [1.29, 1.82) is 5.26 Å². The van der Waals surface area contributed by atoms with Crippen LogP contribution in [-0.2, 0) is 9.59 Å². The molecule has 4 heterocycles. The number of amides is 1. The molecule has 168 valence electrons. The minimum Gasteiger partial charge on any atom is -0.857 e. The second kappa shape index (κ2) is 10.4. The van der Waals surface area contributed by atoms with Crippen molar-refractivity contribution in [2.75, 3.05) is 11.5 Å². The number of β-lactam (4-membered cyclic amide) rings is 1. The van der Waals surface area contributed by atoms with Gasteiger partial charge in [0.25, 0.3) is 5.91 Å². The molecule has 1 amide bonds. The Labute approximate surface area is 221 Å². The Hall–Kier alpha value is -3.16. The molecule has 1 saturated heterocycles. The molecule has 0 radical (unpaired) electrons. The van der Waals surface area contributed by atoms with Crippen LogP contribution in [0, 0.1) is 11.3 Å². The Morgan fingerprint density at radius 1 is 1.47 bits per heavy atom. The van der Waals surface area contributed by atoms with Gasteiger partial charge >= 0.3 is 35.5 Å². The third kappa shape index (κ3) is 4.72. The molecule has 4 N–H and O–H groups in total. The molecule has 2 aliphatic heterocycles. The molecule has 34 heavy (non-hydrogen) atoms. The van der Waals surface area contributed by atoms with Gasteiger partial charge in [0.05, 0.1) is 0 Å². The fourth-order valence-corrected chi connectivity index (χ4v) is 4.98. The number of aliphatic carboxylic acids is 1.